The molecule has 0 fully saturated rings. The predicted octanol–water partition coefficient (Wildman–Crippen LogP) is 1.15. The number of hydrogen-bond donors (Lipinski definition) is 0. The monoisotopic (exact) mass is 216 g/mol. The van der Waals surface area contributed by atoms with Gasteiger partial charge in [-0.25, -0.2) is 15.0 Å². The van der Waals surface area contributed by atoms with Crippen LogP contribution in [0.1, 0.15) is 25.6 Å². The van der Waals surface area contributed by atoms with Gasteiger partial charge in [0.25, 0.3) is 5.56 Å². The Hall–Kier alpha value is -2.04. The summed E-state index contributed by atoms with van der Waals surface area (Å²) in [6.45, 7) is 4.04. The summed E-state index contributed by atoms with van der Waals surface area (Å²) in [7, 11) is 0. The highest BCUT2D eigenvalue weighted by Gasteiger charge is 2.04. The molecular weight excluding hydrogens is 204 g/mol. The number of nitrogens with zero attached hydrogens (tertiary/aromatic N) is 4. The second kappa shape index (κ2) is 4.22. The van der Waals surface area contributed by atoms with Gasteiger partial charge in [-0.1, -0.05) is 13.8 Å². The molecule has 0 saturated carbocycles. The van der Waals surface area contributed by atoms with Crippen molar-refractivity contribution < 1.29 is 0 Å². The molecule has 5 heteroatoms. The Labute approximate surface area is 92.8 Å². The predicted molar refractivity (Wildman–Crippen MR) is 59.5 cm³/mol. The fraction of sp³-hybridized carbons (Fsp3) is 0.273. The van der Waals surface area contributed by atoms with Gasteiger partial charge in [0, 0.05) is 18.2 Å². The summed E-state index contributed by atoms with van der Waals surface area (Å²) in [5.41, 5.74) is 0.485. The standard InChI is InChI=1S/C11H12N4O/c1-8(2)11-13-5-9(6-14-11)15-7-12-4-3-10(15)16/h3-8H,1-2H3. The molecule has 2 aromatic heterocycles. The second-order valence-electron chi connectivity index (χ2n) is 3.74. The van der Waals surface area contributed by atoms with Crippen LogP contribution in [-0.2, 0) is 0 Å². The quantitative estimate of drug-likeness (QED) is 0.755. The Morgan fingerprint density at radius 3 is 2.50 bits per heavy atom. The van der Waals surface area contributed by atoms with E-state index in [0.29, 0.717) is 5.69 Å². The van der Waals surface area contributed by atoms with Gasteiger partial charge < -0.3 is 0 Å². The van der Waals surface area contributed by atoms with E-state index in [1.807, 2.05) is 13.8 Å². The third kappa shape index (κ3) is 1.98. The summed E-state index contributed by atoms with van der Waals surface area (Å²) in [6, 6.07) is 1.40. The van der Waals surface area contributed by atoms with Crippen LogP contribution in [0.3, 0.4) is 0 Å². The Morgan fingerprint density at radius 1 is 1.25 bits per heavy atom. The highest BCUT2D eigenvalue weighted by atomic mass is 16.1. The lowest BCUT2D eigenvalue weighted by Gasteiger charge is -2.05. The van der Waals surface area contributed by atoms with Crippen molar-refractivity contribution in [3.8, 4) is 5.69 Å². The van der Waals surface area contributed by atoms with Crippen molar-refractivity contribution in [2.75, 3.05) is 0 Å². The Kier molecular flexibility index (Phi) is 2.76. The molecule has 2 aromatic rings. The SMILES string of the molecule is CC(C)c1ncc(-n2cnccc2=O)cn1. The first-order valence-corrected chi connectivity index (χ1v) is 5.03. The molecule has 16 heavy (non-hydrogen) atoms. The number of hydrogen-bond acceptors (Lipinski definition) is 4. The van der Waals surface area contributed by atoms with Crippen LogP contribution in [0.15, 0.2) is 35.8 Å². The molecule has 0 aliphatic rings. The number of rotatable bonds is 2. The topological polar surface area (TPSA) is 60.7 Å². The van der Waals surface area contributed by atoms with Crippen molar-refractivity contribution in [1.29, 1.82) is 0 Å². The minimum absolute atomic E-state index is 0.143. The van der Waals surface area contributed by atoms with Crippen LogP contribution >= 0.6 is 0 Å². The molecule has 2 heterocycles. The van der Waals surface area contributed by atoms with Crippen LogP contribution < -0.4 is 5.56 Å². The maximum Gasteiger partial charge on any atom is 0.257 e. The summed E-state index contributed by atoms with van der Waals surface area (Å²) < 4.78 is 1.41. The van der Waals surface area contributed by atoms with Crippen LogP contribution in [0.2, 0.25) is 0 Å². The molecule has 0 N–H and O–H groups in total. The minimum atomic E-state index is -0.143. The van der Waals surface area contributed by atoms with Crippen molar-refractivity contribution in [1.82, 2.24) is 19.5 Å². The van der Waals surface area contributed by atoms with Crippen molar-refractivity contribution in [2.45, 2.75) is 19.8 Å². The maximum atomic E-state index is 11.5. The van der Waals surface area contributed by atoms with E-state index in [1.54, 1.807) is 12.4 Å². The van der Waals surface area contributed by atoms with Crippen LogP contribution in [0.4, 0.5) is 0 Å². The van der Waals surface area contributed by atoms with Crippen LogP contribution in [0.25, 0.3) is 5.69 Å². The average molecular weight is 216 g/mol. The lowest BCUT2D eigenvalue weighted by Crippen LogP contribution is -2.17. The fourth-order valence-electron chi connectivity index (χ4n) is 1.30. The molecule has 0 amide bonds. The van der Waals surface area contributed by atoms with E-state index >= 15 is 0 Å². The molecule has 0 aliphatic carbocycles. The average Bonchev–Trinajstić information content (AvgIpc) is 2.30. The summed E-state index contributed by atoms with van der Waals surface area (Å²) >= 11 is 0. The number of aromatic nitrogens is 4. The molecule has 0 aromatic carbocycles. The third-order valence-electron chi connectivity index (χ3n) is 2.18. The zero-order chi connectivity index (χ0) is 11.5. The van der Waals surface area contributed by atoms with Gasteiger partial charge >= 0.3 is 0 Å². The van der Waals surface area contributed by atoms with Crippen molar-refractivity contribution in [2.24, 2.45) is 0 Å². The molecule has 0 unspecified atom stereocenters. The normalized spacial score (nSPS) is 10.7. The Bertz CT molecular complexity index is 530. The molecular formula is C11H12N4O. The van der Waals surface area contributed by atoms with Crippen LogP contribution in [0.5, 0.6) is 0 Å². The van der Waals surface area contributed by atoms with E-state index in [-0.39, 0.29) is 11.5 Å². The minimum Gasteiger partial charge on any atom is -0.269 e. The fourth-order valence-corrected chi connectivity index (χ4v) is 1.30. The van der Waals surface area contributed by atoms with E-state index in [2.05, 4.69) is 15.0 Å². The highest BCUT2D eigenvalue weighted by Crippen LogP contribution is 2.08. The first-order chi connectivity index (χ1) is 7.68. The third-order valence-corrected chi connectivity index (χ3v) is 2.18. The van der Waals surface area contributed by atoms with E-state index in [4.69, 9.17) is 0 Å². The van der Waals surface area contributed by atoms with Gasteiger partial charge in [0.15, 0.2) is 0 Å². The smallest absolute Gasteiger partial charge is 0.257 e. The zero-order valence-corrected chi connectivity index (χ0v) is 9.16. The molecule has 0 aliphatic heterocycles. The maximum absolute atomic E-state index is 11.5. The van der Waals surface area contributed by atoms with Gasteiger partial charge in [-0.3, -0.25) is 9.36 Å². The molecule has 0 bridgehead atoms. The Balaban J connectivity index is 2.43. The van der Waals surface area contributed by atoms with Gasteiger partial charge in [0.2, 0.25) is 0 Å². The van der Waals surface area contributed by atoms with E-state index < -0.39 is 0 Å². The van der Waals surface area contributed by atoms with E-state index in [1.165, 1.54) is 23.2 Å². The second-order valence-corrected chi connectivity index (χ2v) is 3.74. The molecule has 5 nitrogen and oxygen atoms in total. The largest absolute Gasteiger partial charge is 0.269 e. The summed E-state index contributed by atoms with van der Waals surface area (Å²) in [5.74, 6) is 1.04. The van der Waals surface area contributed by atoms with Crippen LogP contribution in [-0.4, -0.2) is 19.5 Å². The van der Waals surface area contributed by atoms with Gasteiger partial charge in [-0.2, -0.15) is 0 Å². The highest BCUT2D eigenvalue weighted by molar-refractivity contribution is 5.24. The summed E-state index contributed by atoms with van der Waals surface area (Å²) in [6.07, 6.45) is 6.18. The molecule has 0 saturated heterocycles. The van der Waals surface area contributed by atoms with Crippen molar-refractivity contribution >= 4 is 0 Å². The van der Waals surface area contributed by atoms with E-state index in [9.17, 15) is 4.79 Å². The summed E-state index contributed by atoms with van der Waals surface area (Å²) in [5, 5.41) is 0. The molecule has 0 radical (unpaired) electrons. The Morgan fingerprint density at radius 2 is 1.94 bits per heavy atom. The first kappa shape index (κ1) is 10.5. The van der Waals surface area contributed by atoms with Crippen molar-refractivity contribution in [3.05, 3.63) is 47.2 Å². The lowest BCUT2D eigenvalue weighted by molar-refractivity contribution is 0.766. The van der Waals surface area contributed by atoms with E-state index in [0.717, 1.165) is 5.82 Å². The van der Waals surface area contributed by atoms with Gasteiger partial charge in [-0.05, 0) is 0 Å². The molecule has 0 atom stereocenters. The van der Waals surface area contributed by atoms with Crippen LogP contribution in [0, 0.1) is 0 Å². The first-order valence-electron chi connectivity index (χ1n) is 5.03. The van der Waals surface area contributed by atoms with Gasteiger partial charge in [0.1, 0.15) is 12.2 Å². The summed E-state index contributed by atoms with van der Waals surface area (Å²) in [4.78, 5) is 23.8. The van der Waals surface area contributed by atoms with Gasteiger partial charge in [-0.15, -0.1) is 0 Å². The lowest BCUT2D eigenvalue weighted by atomic mass is 10.2. The molecule has 82 valence electrons. The molecule has 2 rings (SSSR count). The molecule has 0 spiro atoms. The zero-order valence-electron chi connectivity index (χ0n) is 9.16. The van der Waals surface area contributed by atoms with Crippen molar-refractivity contribution in [3.63, 3.8) is 0 Å². The van der Waals surface area contributed by atoms with Gasteiger partial charge in [0.05, 0.1) is 18.1 Å².